The van der Waals surface area contributed by atoms with Gasteiger partial charge in [0.1, 0.15) is 0 Å². The molecule has 5 aromatic rings. The van der Waals surface area contributed by atoms with Crippen molar-refractivity contribution in [1.29, 1.82) is 0 Å². The number of aromatic nitrogens is 1. The summed E-state index contributed by atoms with van der Waals surface area (Å²) in [5, 5.41) is 7.41. The lowest BCUT2D eigenvalue weighted by atomic mass is 9.97. The number of hydrogen-bond donors (Lipinski definition) is 2. The highest BCUT2D eigenvalue weighted by molar-refractivity contribution is 7.51. The summed E-state index contributed by atoms with van der Waals surface area (Å²) < 4.78 is 13.6. The Morgan fingerprint density at radius 3 is 1.93 bits per heavy atom. The van der Waals surface area contributed by atoms with Crippen molar-refractivity contribution in [2.24, 2.45) is 0 Å². The van der Waals surface area contributed by atoms with Crippen molar-refractivity contribution < 1.29 is 14.4 Å². The molecular formula is C24H22NO3P. The van der Waals surface area contributed by atoms with Gasteiger partial charge in [0.05, 0.1) is 5.52 Å². The maximum absolute atomic E-state index is 11.2. The van der Waals surface area contributed by atoms with E-state index < -0.39 is 7.60 Å². The zero-order chi connectivity index (χ0) is 20.0. The first-order valence-electron chi connectivity index (χ1n) is 9.89. The summed E-state index contributed by atoms with van der Waals surface area (Å²) in [4.78, 5) is 18.4. The van der Waals surface area contributed by atoms with Crippen LogP contribution >= 0.6 is 7.60 Å². The van der Waals surface area contributed by atoms with Crippen LogP contribution in [0.4, 0.5) is 0 Å². The number of nitrogens with zero attached hydrogens (tertiary/aromatic N) is 1. The Kier molecular flexibility index (Phi) is 4.44. The number of hydrogen-bond acceptors (Lipinski definition) is 1. The van der Waals surface area contributed by atoms with Crippen molar-refractivity contribution in [3.63, 3.8) is 0 Å². The van der Waals surface area contributed by atoms with Crippen LogP contribution < -0.4 is 0 Å². The van der Waals surface area contributed by atoms with E-state index in [4.69, 9.17) is 0 Å². The summed E-state index contributed by atoms with van der Waals surface area (Å²) >= 11 is 0. The second-order valence-corrected chi connectivity index (χ2v) is 9.36. The van der Waals surface area contributed by atoms with Crippen LogP contribution in [-0.2, 0) is 11.1 Å². The topological polar surface area (TPSA) is 62.5 Å². The van der Waals surface area contributed by atoms with Crippen molar-refractivity contribution in [1.82, 2.24) is 4.57 Å². The smallest absolute Gasteiger partial charge is 0.325 e. The molecule has 0 unspecified atom stereocenters. The van der Waals surface area contributed by atoms with Crippen LogP contribution in [0.15, 0.2) is 72.8 Å². The van der Waals surface area contributed by atoms with Crippen molar-refractivity contribution in [3.8, 4) is 0 Å². The summed E-state index contributed by atoms with van der Waals surface area (Å²) in [6.45, 7) is 0.729. The van der Waals surface area contributed by atoms with Crippen LogP contribution in [0.5, 0.6) is 0 Å². The molecule has 146 valence electrons. The minimum atomic E-state index is -3.95. The predicted molar refractivity (Wildman–Crippen MR) is 121 cm³/mol. The quantitative estimate of drug-likeness (QED) is 0.213. The first-order chi connectivity index (χ1) is 14.0. The number of para-hydroxylation sites is 1. The molecule has 0 radical (unpaired) electrons. The van der Waals surface area contributed by atoms with Gasteiger partial charge in [-0.25, -0.2) is 0 Å². The number of unbranched alkanes of at least 4 members (excludes halogenated alkanes) is 1. The van der Waals surface area contributed by atoms with Gasteiger partial charge in [-0.3, -0.25) is 4.57 Å². The van der Waals surface area contributed by atoms with Crippen LogP contribution in [0.2, 0.25) is 0 Å². The molecule has 0 aliphatic carbocycles. The molecule has 2 N–H and O–H groups in total. The zero-order valence-electron chi connectivity index (χ0n) is 16.0. The lowest BCUT2D eigenvalue weighted by molar-refractivity contribution is 0.370. The van der Waals surface area contributed by atoms with Gasteiger partial charge in [0.2, 0.25) is 0 Å². The Labute approximate surface area is 168 Å². The molecule has 0 saturated heterocycles. The predicted octanol–water partition coefficient (Wildman–Crippen LogP) is 6.06. The van der Waals surface area contributed by atoms with Crippen molar-refractivity contribution in [2.45, 2.75) is 19.4 Å². The Hall–Kier alpha value is -2.65. The van der Waals surface area contributed by atoms with E-state index in [1.165, 1.54) is 43.4 Å². The summed E-state index contributed by atoms with van der Waals surface area (Å²) in [6.07, 6.45) is 1.16. The molecule has 4 nitrogen and oxygen atoms in total. The van der Waals surface area contributed by atoms with E-state index in [1.807, 2.05) is 0 Å². The maximum atomic E-state index is 11.2. The molecule has 0 amide bonds. The fourth-order valence-electron chi connectivity index (χ4n) is 4.54. The second kappa shape index (κ2) is 7.00. The van der Waals surface area contributed by atoms with Crippen LogP contribution in [0, 0.1) is 0 Å². The number of aryl methyl sites for hydroxylation is 1. The molecule has 0 aliphatic heterocycles. The van der Waals surface area contributed by atoms with Crippen molar-refractivity contribution in [3.05, 3.63) is 72.8 Å². The van der Waals surface area contributed by atoms with Gasteiger partial charge in [-0.1, -0.05) is 66.7 Å². The van der Waals surface area contributed by atoms with E-state index in [1.54, 1.807) is 0 Å². The van der Waals surface area contributed by atoms with E-state index in [0.29, 0.717) is 6.42 Å². The van der Waals surface area contributed by atoms with Crippen LogP contribution in [0.25, 0.3) is 43.4 Å². The Balaban J connectivity index is 1.81. The highest BCUT2D eigenvalue weighted by Crippen LogP contribution is 2.41. The third-order valence-corrected chi connectivity index (χ3v) is 6.62. The molecule has 0 fully saturated rings. The monoisotopic (exact) mass is 403 g/mol. The standard InChI is InChI=1S/C24H22NO3P/c26-29(27,28)16-8-7-15-25-22-14-6-5-13-21(22)23-19-11-3-1-9-17(19)18-10-2-4-12-20(18)24(23)25/h1-6,9-14H,7-8,15-16H2,(H2,26,27,28). The molecule has 4 aromatic carbocycles. The summed E-state index contributed by atoms with van der Waals surface area (Å²) in [5.74, 6) is 0. The molecule has 0 bridgehead atoms. The molecule has 1 aromatic heterocycles. The van der Waals surface area contributed by atoms with Crippen LogP contribution in [0.1, 0.15) is 12.8 Å². The number of rotatable bonds is 5. The molecule has 5 heteroatoms. The van der Waals surface area contributed by atoms with Gasteiger partial charge in [-0.05, 0) is 35.1 Å². The zero-order valence-corrected chi connectivity index (χ0v) is 16.8. The molecule has 1 heterocycles. The van der Waals surface area contributed by atoms with Gasteiger partial charge >= 0.3 is 7.60 Å². The Morgan fingerprint density at radius 2 is 1.24 bits per heavy atom. The van der Waals surface area contributed by atoms with E-state index in [9.17, 15) is 14.4 Å². The molecule has 0 aliphatic rings. The fraction of sp³-hybridized carbons (Fsp3) is 0.167. The average molecular weight is 403 g/mol. The molecule has 29 heavy (non-hydrogen) atoms. The largest absolute Gasteiger partial charge is 0.340 e. The third-order valence-electron chi connectivity index (χ3n) is 5.72. The summed E-state index contributed by atoms with van der Waals surface area (Å²) in [5.41, 5.74) is 2.37. The first-order valence-corrected chi connectivity index (χ1v) is 11.7. The SMILES string of the molecule is O=P(O)(O)CCCCn1c2ccccc2c2c3ccccc3c3ccccc3c21. The third kappa shape index (κ3) is 3.14. The fourth-order valence-corrected chi connectivity index (χ4v) is 5.17. The van der Waals surface area contributed by atoms with E-state index >= 15 is 0 Å². The first kappa shape index (κ1) is 18.4. The van der Waals surface area contributed by atoms with Crippen LogP contribution in [0.3, 0.4) is 0 Å². The average Bonchev–Trinajstić information content (AvgIpc) is 3.06. The maximum Gasteiger partial charge on any atom is 0.325 e. The number of benzene rings is 4. The van der Waals surface area contributed by atoms with Gasteiger partial charge in [0, 0.05) is 34.4 Å². The van der Waals surface area contributed by atoms with Gasteiger partial charge in [0.15, 0.2) is 0 Å². The summed E-state index contributed by atoms with van der Waals surface area (Å²) in [7, 11) is -3.95. The van der Waals surface area contributed by atoms with Crippen LogP contribution in [-0.4, -0.2) is 20.5 Å². The second-order valence-electron chi connectivity index (χ2n) is 7.58. The van der Waals surface area contributed by atoms with Gasteiger partial charge in [0.25, 0.3) is 0 Å². The minimum absolute atomic E-state index is 0.0617. The number of fused-ring (bicyclic) bond motifs is 8. The molecule has 0 spiro atoms. The van der Waals surface area contributed by atoms with E-state index in [2.05, 4.69) is 77.4 Å². The minimum Gasteiger partial charge on any atom is -0.340 e. The van der Waals surface area contributed by atoms with Gasteiger partial charge in [-0.15, -0.1) is 0 Å². The molecular weight excluding hydrogens is 381 g/mol. The Morgan fingerprint density at radius 1 is 0.690 bits per heavy atom. The van der Waals surface area contributed by atoms with E-state index in [-0.39, 0.29) is 6.16 Å². The van der Waals surface area contributed by atoms with Gasteiger partial charge in [-0.2, -0.15) is 0 Å². The lowest BCUT2D eigenvalue weighted by Crippen LogP contribution is -2.00. The van der Waals surface area contributed by atoms with Crippen molar-refractivity contribution in [2.75, 3.05) is 6.16 Å². The molecule has 5 rings (SSSR count). The lowest BCUT2D eigenvalue weighted by Gasteiger charge is -2.12. The molecule has 0 atom stereocenters. The highest BCUT2D eigenvalue weighted by Gasteiger charge is 2.17. The van der Waals surface area contributed by atoms with Gasteiger partial charge < -0.3 is 14.4 Å². The molecule has 0 saturated carbocycles. The van der Waals surface area contributed by atoms with E-state index in [0.717, 1.165) is 13.0 Å². The highest BCUT2D eigenvalue weighted by atomic mass is 31.2. The van der Waals surface area contributed by atoms with Crippen molar-refractivity contribution >= 4 is 50.9 Å². The summed E-state index contributed by atoms with van der Waals surface area (Å²) in [6, 6.07) is 25.5. The Bertz CT molecular complexity index is 1410. The normalized spacial score (nSPS) is 12.5.